The molecule has 3 rings (SSSR count). The first-order valence-electron chi connectivity index (χ1n) is 6.70. The molecule has 1 heterocycles. The number of tetrazole rings is 1. The van der Waals surface area contributed by atoms with Gasteiger partial charge in [-0.15, -0.1) is 10.2 Å². The van der Waals surface area contributed by atoms with Crippen molar-refractivity contribution < 1.29 is 9.18 Å². The van der Waals surface area contributed by atoms with Gasteiger partial charge in [-0.05, 0) is 41.6 Å². The van der Waals surface area contributed by atoms with Gasteiger partial charge in [-0.1, -0.05) is 23.7 Å². The standard InChI is InChI=1S/C15H11ClFN5O/c16-12-3-1-2-4-13(12)18-14(23)9-22-20-15(19-21-22)10-5-7-11(17)8-6-10/h1-8H,9H2,(H,18,23). The zero-order valence-electron chi connectivity index (χ0n) is 11.8. The molecule has 0 aliphatic heterocycles. The first-order chi connectivity index (χ1) is 11.1. The molecule has 116 valence electrons. The number of nitrogens with one attached hydrogen (secondary N) is 1. The Morgan fingerprint density at radius 1 is 1.17 bits per heavy atom. The SMILES string of the molecule is O=C(Cn1nnc(-c2ccc(F)cc2)n1)Nc1ccccc1Cl. The van der Waals surface area contributed by atoms with Gasteiger partial charge in [0.25, 0.3) is 0 Å². The normalized spacial score (nSPS) is 10.5. The zero-order chi connectivity index (χ0) is 16.2. The van der Waals surface area contributed by atoms with Crippen molar-refractivity contribution in [3.63, 3.8) is 0 Å². The smallest absolute Gasteiger partial charge is 0.248 e. The highest BCUT2D eigenvalue weighted by molar-refractivity contribution is 6.33. The number of carbonyl (C=O) groups excluding carboxylic acids is 1. The Kier molecular flexibility index (Phi) is 4.29. The first kappa shape index (κ1) is 15.1. The van der Waals surface area contributed by atoms with Crippen molar-refractivity contribution in [1.29, 1.82) is 0 Å². The second kappa shape index (κ2) is 6.53. The van der Waals surface area contributed by atoms with Crippen LogP contribution in [0.1, 0.15) is 0 Å². The summed E-state index contributed by atoms with van der Waals surface area (Å²) in [7, 11) is 0. The minimum Gasteiger partial charge on any atom is -0.323 e. The summed E-state index contributed by atoms with van der Waals surface area (Å²) in [5, 5.41) is 14.9. The van der Waals surface area contributed by atoms with Crippen molar-refractivity contribution in [1.82, 2.24) is 20.2 Å². The summed E-state index contributed by atoms with van der Waals surface area (Å²) in [5.74, 6) is -0.364. The summed E-state index contributed by atoms with van der Waals surface area (Å²) in [6.45, 7) is -0.112. The topological polar surface area (TPSA) is 72.7 Å². The van der Waals surface area contributed by atoms with Crippen LogP contribution >= 0.6 is 11.6 Å². The van der Waals surface area contributed by atoms with E-state index in [1.165, 1.54) is 12.1 Å². The molecule has 0 atom stereocenters. The number of anilines is 1. The van der Waals surface area contributed by atoms with E-state index < -0.39 is 0 Å². The molecule has 2 aromatic carbocycles. The molecule has 1 aromatic heterocycles. The lowest BCUT2D eigenvalue weighted by Gasteiger charge is -2.05. The molecule has 0 spiro atoms. The van der Waals surface area contributed by atoms with Crippen molar-refractivity contribution in [2.45, 2.75) is 6.54 Å². The largest absolute Gasteiger partial charge is 0.323 e. The van der Waals surface area contributed by atoms with E-state index in [9.17, 15) is 9.18 Å². The fraction of sp³-hybridized carbons (Fsp3) is 0.0667. The van der Waals surface area contributed by atoms with Gasteiger partial charge < -0.3 is 5.32 Å². The maximum Gasteiger partial charge on any atom is 0.248 e. The average Bonchev–Trinajstić information content (AvgIpc) is 2.98. The molecule has 0 unspecified atom stereocenters. The number of carbonyl (C=O) groups is 1. The minimum atomic E-state index is -0.347. The lowest BCUT2D eigenvalue weighted by Crippen LogP contribution is -2.20. The number of halogens is 2. The van der Waals surface area contributed by atoms with E-state index in [0.717, 1.165) is 4.80 Å². The monoisotopic (exact) mass is 331 g/mol. The van der Waals surface area contributed by atoms with E-state index in [2.05, 4.69) is 20.7 Å². The third-order valence-electron chi connectivity index (χ3n) is 2.99. The number of rotatable bonds is 4. The van der Waals surface area contributed by atoms with Crippen molar-refractivity contribution in [3.05, 3.63) is 59.4 Å². The minimum absolute atomic E-state index is 0.112. The summed E-state index contributed by atoms with van der Waals surface area (Å²) in [5.41, 5.74) is 1.13. The van der Waals surface area contributed by atoms with Crippen LogP contribution in [0.3, 0.4) is 0 Å². The Morgan fingerprint density at radius 2 is 1.91 bits per heavy atom. The van der Waals surface area contributed by atoms with E-state index in [1.54, 1.807) is 36.4 Å². The highest BCUT2D eigenvalue weighted by Gasteiger charge is 2.10. The molecule has 0 saturated carbocycles. The summed E-state index contributed by atoms with van der Waals surface area (Å²) < 4.78 is 12.9. The van der Waals surface area contributed by atoms with Crippen LogP contribution in [-0.4, -0.2) is 26.1 Å². The number of nitrogens with zero attached hydrogens (tertiary/aromatic N) is 4. The van der Waals surface area contributed by atoms with Crippen molar-refractivity contribution in [2.24, 2.45) is 0 Å². The van der Waals surface area contributed by atoms with Gasteiger partial charge in [0.15, 0.2) is 0 Å². The Morgan fingerprint density at radius 3 is 2.65 bits per heavy atom. The first-order valence-corrected chi connectivity index (χ1v) is 7.08. The van der Waals surface area contributed by atoms with Gasteiger partial charge in [-0.3, -0.25) is 4.79 Å². The average molecular weight is 332 g/mol. The van der Waals surface area contributed by atoms with Crippen LogP contribution in [0.5, 0.6) is 0 Å². The highest BCUT2D eigenvalue weighted by Crippen LogP contribution is 2.20. The predicted octanol–water partition coefficient (Wildman–Crippen LogP) is 2.77. The summed E-state index contributed by atoms with van der Waals surface area (Å²) in [6, 6.07) is 12.6. The predicted molar refractivity (Wildman–Crippen MR) is 83.3 cm³/mol. The van der Waals surface area contributed by atoms with Crippen LogP contribution in [0.4, 0.5) is 10.1 Å². The maximum atomic E-state index is 12.9. The number of hydrogen-bond donors (Lipinski definition) is 1. The van der Waals surface area contributed by atoms with Crippen LogP contribution in [-0.2, 0) is 11.3 Å². The molecule has 6 nitrogen and oxygen atoms in total. The number of amides is 1. The molecule has 0 saturated heterocycles. The van der Waals surface area contributed by atoms with Gasteiger partial charge in [0.1, 0.15) is 12.4 Å². The molecule has 0 fully saturated rings. The molecule has 0 aliphatic rings. The number of para-hydroxylation sites is 1. The fourth-order valence-corrected chi connectivity index (χ4v) is 2.09. The van der Waals surface area contributed by atoms with E-state index >= 15 is 0 Å². The van der Waals surface area contributed by atoms with Crippen LogP contribution in [0.2, 0.25) is 5.02 Å². The second-order valence-corrected chi connectivity index (χ2v) is 5.09. The number of aromatic nitrogens is 4. The zero-order valence-corrected chi connectivity index (χ0v) is 12.5. The van der Waals surface area contributed by atoms with Crippen molar-refractivity contribution >= 4 is 23.2 Å². The molecule has 0 radical (unpaired) electrons. The van der Waals surface area contributed by atoms with Gasteiger partial charge in [0, 0.05) is 5.56 Å². The maximum absolute atomic E-state index is 12.9. The Balaban J connectivity index is 1.68. The third-order valence-corrected chi connectivity index (χ3v) is 3.32. The lowest BCUT2D eigenvalue weighted by molar-refractivity contribution is -0.117. The van der Waals surface area contributed by atoms with E-state index in [-0.39, 0.29) is 18.3 Å². The summed E-state index contributed by atoms with van der Waals surface area (Å²) >= 11 is 5.97. The van der Waals surface area contributed by atoms with Gasteiger partial charge in [0.05, 0.1) is 10.7 Å². The van der Waals surface area contributed by atoms with E-state index in [4.69, 9.17) is 11.6 Å². The quantitative estimate of drug-likeness (QED) is 0.798. The van der Waals surface area contributed by atoms with Crippen LogP contribution in [0.25, 0.3) is 11.4 Å². The van der Waals surface area contributed by atoms with Crippen LogP contribution in [0, 0.1) is 5.82 Å². The molecule has 3 aromatic rings. The molecule has 1 N–H and O–H groups in total. The van der Waals surface area contributed by atoms with Gasteiger partial charge in [-0.2, -0.15) is 4.80 Å². The molecule has 0 aliphatic carbocycles. The Hall–Kier alpha value is -2.80. The van der Waals surface area contributed by atoms with Crippen LogP contribution in [0.15, 0.2) is 48.5 Å². The molecular weight excluding hydrogens is 321 g/mol. The molecular formula is C15H11ClFN5O. The van der Waals surface area contributed by atoms with E-state index in [0.29, 0.717) is 22.1 Å². The number of benzene rings is 2. The van der Waals surface area contributed by atoms with Gasteiger partial charge >= 0.3 is 0 Å². The van der Waals surface area contributed by atoms with Crippen LogP contribution < -0.4 is 5.32 Å². The summed E-state index contributed by atoms with van der Waals surface area (Å²) in [4.78, 5) is 13.1. The molecule has 23 heavy (non-hydrogen) atoms. The van der Waals surface area contributed by atoms with Crippen molar-refractivity contribution in [2.75, 3.05) is 5.32 Å². The summed E-state index contributed by atoms with van der Waals surface area (Å²) in [6.07, 6.45) is 0. The Labute approximate surface area is 135 Å². The fourth-order valence-electron chi connectivity index (χ4n) is 1.91. The molecule has 8 heteroatoms. The molecule has 1 amide bonds. The van der Waals surface area contributed by atoms with Gasteiger partial charge in [-0.25, -0.2) is 4.39 Å². The third kappa shape index (κ3) is 3.70. The van der Waals surface area contributed by atoms with Gasteiger partial charge in [0.2, 0.25) is 11.7 Å². The van der Waals surface area contributed by atoms with E-state index in [1.807, 2.05) is 0 Å². The highest BCUT2D eigenvalue weighted by atomic mass is 35.5. The number of hydrogen-bond acceptors (Lipinski definition) is 4. The Bertz CT molecular complexity index is 834. The molecule has 0 bridgehead atoms. The second-order valence-electron chi connectivity index (χ2n) is 4.68. The lowest BCUT2D eigenvalue weighted by atomic mass is 10.2. The van der Waals surface area contributed by atoms with Crippen molar-refractivity contribution in [3.8, 4) is 11.4 Å².